The number of phosphoric ester groups is 1. The molecule has 8 nitrogen and oxygen atoms in total. The minimum Gasteiger partial charge on any atom is -0.756 e. The second kappa shape index (κ2) is 31.4. The summed E-state index contributed by atoms with van der Waals surface area (Å²) in [6.07, 6.45) is 37.7. The number of nitrogens with zero attached hydrogens (tertiary/aromatic N) is 1. The van der Waals surface area contributed by atoms with Crippen molar-refractivity contribution in [2.45, 2.75) is 238 Å². The van der Waals surface area contributed by atoms with Crippen LogP contribution >= 0.6 is 7.82 Å². The van der Waals surface area contributed by atoms with Gasteiger partial charge >= 0.3 is 0 Å². The lowest BCUT2D eigenvalue weighted by Gasteiger charge is -2.39. The molecule has 0 aliphatic rings. The number of nitrogens with two attached hydrogens (primary N) is 1. The third kappa shape index (κ3) is 34.1. The van der Waals surface area contributed by atoms with Crippen LogP contribution in [0.1, 0.15) is 207 Å². The Morgan fingerprint density at radius 3 is 1.49 bits per heavy atom. The van der Waals surface area contributed by atoms with Gasteiger partial charge in [0.1, 0.15) is 12.6 Å². The lowest BCUT2D eigenvalue weighted by Crippen LogP contribution is -2.44. The van der Waals surface area contributed by atoms with Crippen molar-refractivity contribution >= 4 is 22.0 Å². The van der Waals surface area contributed by atoms with E-state index in [4.69, 9.17) is 14.7 Å². The fourth-order valence-electron chi connectivity index (χ4n) is 7.23. The molecule has 0 aromatic rings. The van der Waals surface area contributed by atoms with Gasteiger partial charge in [-0.3, -0.25) is 9.36 Å². The summed E-state index contributed by atoms with van der Waals surface area (Å²) in [5.74, 6) is -0.0208. The number of quaternary nitrogens is 1. The van der Waals surface area contributed by atoms with Crippen LogP contribution in [0.15, 0.2) is 12.2 Å². The highest BCUT2D eigenvalue weighted by molar-refractivity contribution is 7.44. The van der Waals surface area contributed by atoms with Gasteiger partial charge in [0.05, 0.1) is 27.2 Å². The number of likely N-dealkylation sites (N-methyl/N-ethyl adjacent to an activating group) is 1. The third-order valence-corrected chi connectivity index (χ3v) is 16.7. The third-order valence-electron chi connectivity index (χ3n) is 11.6. The molecule has 0 radical (unpaired) electrons. The van der Waals surface area contributed by atoms with Gasteiger partial charge < -0.3 is 29.0 Å². The molecular weight excluding hydrogens is 724 g/mol. The highest BCUT2D eigenvalue weighted by Crippen LogP contribution is 2.39. The summed E-state index contributed by atoms with van der Waals surface area (Å²) >= 11 is 0. The zero-order chi connectivity index (χ0) is 41.6. The van der Waals surface area contributed by atoms with Gasteiger partial charge in [0.15, 0.2) is 8.32 Å². The van der Waals surface area contributed by atoms with Crippen LogP contribution < -0.4 is 10.6 Å². The first kappa shape index (κ1) is 54.5. The number of amides is 1. The standard InChI is InChI=1S/C45H93N2O6PSi/c1-10-11-12-13-14-15-16-20-23-26-29-32-35-41(44(46)48)36-33-30-27-24-21-18-17-19-22-25-28-31-34-37-42(53-55(8,9)45(2,3)4)38-39-43(40-47(5,6)7)52-54(49,50)51/h34,37,41-43H,10-33,35-36,38-40H2,1-9H3,(H3-,46,48,49,50,51)/t41-,42?,43?/m0/s1. The average molecular weight is 817 g/mol. The number of primary amides is 1. The molecule has 4 atom stereocenters. The van der Waals surface area contributed by atoms with Crippen molar-refractivity contribution < 1.29 is 32.6 Å². The van der Waals surface area contributed by atoms with Gasteiger partial charge in [-0.25, -0.2) is 0 Å². The second-order valence-electron chi connectivity index (χ2n) is 19.3. The van der Waals surface area contributed by atoms with Gasteiger partial charge in [0, 0.05) is 5.92 Å². The topological polar surface area (TPSA) is 122 Å². The molecular formula is C45H93N2O6PSi. The zero-order valence-electron chi connectivity index (χ0n) is 37.9. The Labute approximate surface area is 342 Å². The first-order valence-corrected chi connectivity index (χ1v) is 27.3. The Morgan fingerprint density at radius 2 is 1.13 bits per heavy atom. The summed E-state index contributed by atoms with van der Waals surface area (Å²) in [5.41, 5.74) is 5.75. The van der Waals surface area contributed by atoms with Crippen LogP contribution in [0.25, 0.3) is 0 Å². The van der Waals surface area contributed by atoms with E-state index in [1.807, 2.05) is 21.1 Å². The monoisotopic (exact) mass is 817 g/mol. The molecule has 0 heterocycles. The lowest BCUT2D eigenvalue weighted by molar-refractivity contribution is -0.873. The number of carbonyl (C=O) groups is 1. The van der Waals surface area contributed by atoms with E-state index in [-0.39, 0.29) is 23.0 Å². The van der Waals surface area contributed by atoms with Crippen LogP contribution in [0.4, 0.5) is 0 Å². The van der Waals surface area contributed by atoms with Crippen LogP contribution in [-0.2, 0) is 18.3 Å². The van der Waals surface area contributed by atoms with Crippen LogP contribution in [-0.4, -0.2) is 63.5 Å². The lowest BCUT2D eigenvalue weighted by atomic mass is 9.93. The van der Waals surface area contributed by atoms with E-state index >= 15 is 0 Å². The molecule has 0 spiro atoms. The fourth-order valence-corrected chi connectivity index (χ4v) is 9.08. The van der Waals surface area contributed by atoms with Crippen molar-refractivity contribution in [2.24, 2.45) is 11.7 Å². The van der Waals surface area contributed by atoms with E-state index in [2.05, 4.69) is 52.9 Å². The van der Waals surface area contributed by atoms with Gasteiger partial charge in [-0.2, -0.15) is 0 Å². The fraction of sp³-hybridized carbons (Fsp3) is 0.933. The normalized spacial score (nSPS) is 15.7. The van der Waals surface area contributed by atoms with Gasteiger partial charge in [0.2, 0.25) is 5.91 Å². The van der Waals surface area contributed by atoms with Crippen molar-refractivity contribution in [3.8, 4) is 0 Å². The second-order valence-corrected chi connectivity index (χ2v) is 25.2. The smallest absolute Gasteiger partial charge is 0.265 e. The molecule has 0 saturated heterocycles. The number of carbonyl (C=O) groups excluding carboxylic acids is 1. The molecule has 0 fully saturated rings. The van der Waals surface area contributed by atoms with Gasteiger partial charge in [0.25, 0.3) is 7.82 Å². The van der Waals surface area contributed by atoms with Gasteiger partial charge in [-0.1, -0.05) is 181 Å². The van der Waals surface area contributed by atoms with E-state index in [0.717, 1.165) is 38.5 Å². The van der Waals surface area contributed by atoms with Crippen molar-refractivity contribution in [3.63, 3.8) is 0 Å². The van der Waals surface area contributed by atoms with E-state index in [1.165, 1.54) is 128 Å². The quantitative estimate of drug-likeness (QED) is 0.0210. The van der Waals surface area contributed by atoms with Crippen LogP contribution in [0.2, 0.25) is 18.1 Å². The predicted octanol–water partition coefficient (Wildman–Crippen LogP) is 12.5. The molecule has 55 heavy (non-hydrogen) atoms. The molecule has 0 aromatic carbocycles. The minimum atomic E-state index is -4.83. The molecule has 0 aromatic heterocycles. The SMILES string of the molecule is CCCCCCCCCCCCCC[C@@H](CCCCCCCCCCCCCC=CC(CCC(C[N+](C)(C)C)OP(=O)([O-])O)O[Si](C)(C)C(C)(C)C)C(N)=O. The Morgan fingerprint density at radius 1 is 0.727 bits per heavy atom. The summed E-state index contributed by atoms with van der Waals surface area (Å²) in [6.45, 7) is 13.9. The average Bonchev–Trinajstić information content (AvgIpc) is 3.06. The van der Waals surface area contributed by atoms with Crippen molar-refractivity contribution in [3.05, 3.63) is 12.2 Å². The number of allylic oxidation sites excluding steroid dienone is 1. The Kier molecular flexibility index (Phi) is 31.1. The summed E-state index contributed by atoms with van der Waals surface area (Å²) in [6, 6.07) is 0. The Hall–Kier alpha value is -0.543. The predicted molar refractivity (Wildman–Crippen MR) is 236 cm³/mol. The van der Waals surface area contributed by atoms with Crippen molar-refractivity contribution in [2.75, 3.05) is 27.7 Å². The maximum atomic E-state index is 12.0. The van der Waals surface area contributed by atoms with Crippen LogP contribution in [0.5, 0.6) is 0 Å². The molecule has 0 aliphatic carbocycles. The summed E-state index contributed by atoms with van der Waals surface area (Å²) in [5, 5.41) is 0.0637. The number of hydrogen-bond donors (Lipinski definition) is 2. The largest absolute Gasteiger partial charge is 0.756 e. The molecule has 3 unspecified atom stereocenters. The van der Waals surface area contributed by atoms with Crippen LogP contribution in [0.3, 0.4) is 0 Å². The molecule has 1 amide bonds. The molecule has 0 bridgehead atoms. The van der Waals surface area contributed by atoms with E-state index in [9.17, 15) is 19.1 Å². The highest BCUT2D eigenvalue weighted by atomic mass is 31.2. The zero-order valence-corrected chi connectivity index (χ0v) is 39.7. The summed E-state index contributed by atoms with van der Waals surface area (Å²) < 4.78 is 24.0. The molecule has 0 aliphatic heterocycles. The number of unbranched alkanes of at least 4 members (excludes halogenated alkanes) is 22. The minimum absolute atomic E-state index is 0.0637. The van der Waals surface area contributed by atoms with E-state index in [0.29, 0.717) is 23.9 Å². The number of phosphoric acid groups is 1. The van der Waals surface area contributed by atoms with Gasteiger partial charge in [-0.05, 0) is 56.7 Å². The molecule has 328 valence electrons. The van der Waals surface area contributed by atoms with E-state index < -0.39 is 22.2 Å². The number of hydrogen-bond acceptors (Lipinski definition) is 5. The first-order valence-electron chi connectivity index (χ1n) is 22.9. The number of rotatable bonds is 38. The van der Waals surface area contributed by atoms with Crippen molar-refractivity contribution in [1.29, 1.82) is 0 Å². The van der Waals surface area contributed by atoms with Gasteiger partial charge in [-0.15, -0.1) is 0 Å². The van der Waals surface area contributed by atoms with Crippen molar-refractivity contribution in [1.82, 2.24) is 0 Å². The Bertz CT molecular complexity index is 1010. The molecule has 10 heteroatoms. The molecule has 0 rings (SSSR count). The summed E-state index contributed by atoms with van der Waals surface area (Å²) in [7, 11) is -0.912. The maximum Gasteiger partial charge on any atom is 0.265 e. The first-order chi connectivity index (χ1) is 25.8. The molecule has 3 N–H and O–H groups in total. The Balaban J connectivity index is 4.18. The van der Waals surface area contributed by atoms with E-state index in [1.54, 1.807) is 0 Å². The maximum absolute atomic E-state index is 12.0. The van der Waals surface area contributed by atoms with Crippen LogP contribution in [0, 0.1) is 5.92 Å². The summed E-state index contributed by atoms with van der Waals surface area (Å²) in [4.78, 5) is 33.0. The highest BCUT2D eigenvalue weighted by Gasteiger charge is 2.39. The molecule has 0 saturated carbocycles.